The minimum atomic E-state index is -0.203. The lowest BCUT2D eigenvalue weighted by Gasteiger charge is -2.22. The van der Waals surface area contributed by atoms with Crippen molar-refractivity contribution in [2.45, 2.75) is 45.1 Å². The summed E-state index contributed by atoms with van der Waals surface area (Å²) in [4.78, 5) is 23.8. The molecule has 0 bridgehead atoms. The van der Waals surface area contributed by atoms with E-state index >= 15 is 0 Å². The number of hydrogen-bond donors (Lipinski definition) is 1. The van der Waals surface area contributed by atoms with E-state index in [1.807, 2.05) is 42.2 Å². The van der Waals surface area contributed by atoms with E-state index in [0.29, 0.717) is 0 Å². The average Bonchev–Trinajstić information content (AvgIpc) is 2.96. The molecule has 24 heavy (non-hydrogen) atoms. The van der Waals surface area contributed by atoms with Crippen LogP contribution in [-0.2, 0) is 17.6 Å². The van der Waals surface area contributed by atoms with Crippen molar-refractivity contribution in [3.05, 3.63) is 47.4 Å². The minimum absolute atomic E-state index is 0.127. The zero-order valence-electron chi connectivity index (χ0n) is 14.0. The Balaban J connectivity index is 1.57. The van der Waals surface area contributed by atoms with Crippen LogP contribution in [-0.4, -0.2) is 28.5 Å². The van der Waals surface area contributed by atoms with Crippen molar-refractivity contribution < 1.29 is 4.79 Å². The molecule has 5 heteroatoms. The zero-order chi connectivity index (χ0) is 16.5. The maximum Gasteiger partial charge on any atom is 0.249 e. The Morgan fingerprint density at radius 3 is 2.75 bits per heavy atom. The second-order valence-corrected chi connectivity index (χ2v) is 6.56. The summed E-state index contributed by atoms with van der Waals surface area (Å²) in [5.41, 5.74) is 3.33. The van der Waals surface area contributed by atoms with E-state index in [4.69, 9.17) is 0 Å². The van der Waals surface area contributed by atoms with Crippen LogP contribution in [0.15, 0.2) is 30.3 Å². The van der Waals surface area contributed by atoms with Crippen LogP contribution in [0.2, 0.25) is 0 Å². The van der Waals surface area contributed by atoms with Crippen LogP contribution in [0.3, 0.4) is 0 Å². The van der Waals surface area contributed by atoms with Gasteiger partial charge in [0.05, 0.1) is 0 Å². The molecule has 1 saturated heterocycles. The Morgan fingerprint density at radius 1 is 1.12 bits per heavy atom. The van der Waals surface area contributed by atoms with Gasteiger partial charge in [-0.1, -0.05) is 18.2 Å². The predicted octanol–water partition coefficient (Wildman–Crippen LogP) is 2.88. The Labute approximate surface area is 142 Å². The van der Waals surface area contributed by atoms with Gasteiger partial charge in [-0.25, -0.2) is 9.97 Å². The molecule has 0 radical (unpaired) electrons. The summed E-state index contributed by atoms with van der Waals surface area (Å²) < 4.78 is 0. The molecule has 1 aliphatic carbocycles. The Morgan fingerprint density at radius 2 is 1.92 bits per heavy atom. The zero-order valence-corrected chi connectivity index (χ0v) is 14.0. The summed E-state index contributed by atoms with van der Waals surface area (Å²) in [6.07, 6.45) is 5.17. The van der Waals surface area contributed by atoms with Crippen LogP contribution in [0.25, 0.3) is 0 Å². The third kappa shape index (κ3) is 2.75. The maximum absolute atomic E-state index is 12.8. The lowest BCUT2D eigenvalue weighted by molar-refractivity contribution is -0.117. The predicted molar refractivity (Wildman–Crippen MR) is 94.2 cm³/mol. The van der Waals surface area contributed by atoms with Crippen molar-refractivity contribution in [2.24, 2.45) is 0 Å². The lowest BCUT2D eigenvalue weighted by atomic mass is 9.96. The van der Waals surface area contributed by atoms with Gasteiger partial charge in [0.25, 0.3) is 0 Å². The number of rotatable bonds is 3. The summed E-state index contributed by atoms with van der Waals surface area (Å²) in [6.45, 7) is 2.67. The molecule has 2 aliphatic rings. The number of anilines is 2. The molecule has 124 valence electrons. The first-order chi connectivity index (χ1) is 11.7. The fourth-order valence-electron chi connectivity index (χ4n) is 3.68. The number of aryl methyl sites for hydroxylation is 2. The summed E-state index contributed by atoms with van der Waals surface area (Å²) in [7, 11) is 0. The van der Waals surface area contributed by atoms with E-state index in [1.54, 1.807) is 0 Å². The van der Waals surface area contributed by atoms with E-state index in [9.17, 15) is 4.79 Å². The van der Waals surface area contributed by atoms with Crippen molar-refractivity contribution in [2.75, 3.05) is 16.8 Å². The summed E-state index contributed by atoms with van der Waals surface area (Å²) in [6, 6.07) is 9.66. The molecule has 1 aromatic carbocycles. The molecule has 1 aromatic heterocycles. The minimum Gasteiger partial charge on any atom is -0.358 e. The number of carbonyl (C=O) groups is 1. The van der Waals surface area contributed by atoms with Crippen LogP contribution in [0.1, 0.15) is 36.3 Å². The first-order valence-corrected chi connectivity index (χ1v) is 8.72. The van der Waals surface area contributed by atoms with E-state index in [2.05, 4.69) is 15.3 Å². The van der Waals surface area contributed by atoms with E-state index < -0.39 is 0 Å². The van der Waals surface area contributed by atoms with Gasteiger partial charge in [-0.2, -0.15) is 0 Å². The molecule has 0 saturated carbocycles. The summed E-state index contributed by atoms with van der Waals surface area (Å²) in [5, 5.41) is 3.42. The first kappa shape index (κ1) is 15.1. The highest BCUT2D eigenvalue weighted by atomic mass is 16.2. The van der Waals surface area contributed by atoms with Gasteiger partial charge >= 0.3 is 0 Å². The standard InChI is InChI=1S/C19H22N4O/c1-13-20-16-10-6-5-9-15(16)18(21-13)22-17-11-12-23(19(17)24)14-7-3-2-4-8-14/h2-4,7-8,17H,5-6,9-12H2,1H3,(H,20,21,22). The monoisotopic (exact) mass is 322 g/mol. The number of amides is 1. The van der Waals surface area contributed by atoms with Crippen LogP contribution in [0, 0.1) is 6.92 Å². The fourth-order valence-corrected chi connectivity index (χ4v) is 3.68. The Bertz CT molecular complexity index is 759. The number of fused-ring (bicyclic) bond motifs is 1. The van der Waals surface area contributed by atoms with E-state index in [1.165, 1.54) is 18.4 Å². The van der Waals surface area contributed by atoms with E-state index in [-0.39, 0.29) is 11.9 Å². The molecule has 1 fully saturated rings. The number of nitrogens with zero attached hydrogens (tertiary/aromatic N) is 3. The molecule has 1 N–H and O–H groups in total. The number of para-hydroxylation sites is 1. The SMILES string of the molecule is Cc1nc2c(c(NC3CCN(c4ccccc4)C3=O)n1)CCCC2. The van der Waals surface area contributed by atoms with Crippen molar-refractivity contribution >= 4 is 17.4 Å². The fraction of sp³-hybridized carbons (Fsp3) is 0.421. The van der Waals surface area contributed by atoms with Crippen molar-refractivity contribution in [3.63, 3.8) is 0 Å². The molecule has 2 heterocycles. The highest BCUT2D eigenvalue weighted by Crippen LogP contribution is 2.28. The molecular weight excluding hydrogens is 300 g/mol. The van der Waals surface area contributed by atoms with Crippen LogP contribution in [0.5, 0.6) is 0 Å². The molecule has 1 atom stereocenters. The smallest absolute Gasteiger partial charge is 0.249 e. The molecule has 0 spiro atoms. The molecule has 2 aromatic rings. The van der Waals surface area contributed by atoms with Crippen molar-refractivity contribution in [1.29, 1.82) is 0 Å². The van der Waals surface area contributed by atoms with Gasteiger partial charge in [-0.15, -0.1) is 0 Å². The number of carbonyl (C=O) groups excluding carboxylic acids is 1. The number of hydrogen-bond acceptors (Lipinski definition) is 4. The summed E-state index contributed by atoms with van der Waals surface area (Å²) >= 11 is 0. The van der Waals surface area contributed by atoms with Gasteiger partial charge in [0, 0.05) is 23.5 Å². The highest BCUT2D eigenvalue weighted by Gasteiger charge is 2.33. The van der Waals surface area contributed by atoms with Crippen molar-refractivity contribution in [1.82, 2.24) is 9.97 Å². The third-order valence-corrected chi connectivity index (χ3v) is 4.88. The normalized spacial score (nSPS) is 20.1. The number of nitrogens with one attached hydrogen (secondary N) is 1. The number of benzene rings is 1. The molecule has 4 rings (SSSR count). The largest absolute Gasteiger partial charge is 0.358 e. The van der Waals surface area contributed by atoms with Crippen LogP contribution in [0.4, 0.5) is 11.5 Å². The average molecular weight is 322 g/mol. The Kier molecular flexibility index (Phi) is 3.92. The quantitative estimate of drug-likeness (QED) is 0.944. The van der Waals surface area contributed by atoms with Gasteiger partial charge in [-0.05, 0) is 51.2 Å². The van der Waals surface area contributed by atoms with Crippen molar-refractivity contribution in [3.8, 4) is 0 Å². The molecule has 5 nitrogen and oxygen atoms in total. The molecule has 1 aliphatic heterocycles. The van der Waals surface area contributed by atoms with Crippen LogP contribution >= 0.6 is 0 Å². The molecular formula is C19H22N4O. The number of aromatic nitrogens is 2. The van der Waals surface area contributed by atoms with Gasteiger partial charge in [-0.3, -0.25) is 4.79 Å². The molecule has 1 amide bonds. The first-order valence-electron chi connectivity index (χ1n) is 8.72. The van der Waals surface area contributed by atoms with Crippen LogP contribution < -0.4 is 10.2 Å². The van der Waals surface area contributed by atoms with Gasteiger partial charge < -0.3 is 10.2 Å². The second kappa shape index (κ2) is 6.23. The van der Waals surface area contributed by atoms with Gasteiger partial charge in [0.1, 0.15) is 17.7 Å². The lowest BCUT2D eigenvalue weighted by Crippen LogP contribution is -2.34. The second-order valence-electron chi connectivity index (χ2n) is 6.56. The third-order valence-electron chi connectivity index (χ3n) is 4.88. The summed E-state index contributed by atoms with van der Waals surface area (Å²) in [5.74, 6) is 1.77. The highest BCUT2D eigenvalue weighted by molar-refractivity contribution is 6.00. The molecule has 1 unspecified atom stereocenters. The Hall–Kier alpha value is -2.43. The topological polar surface area (TPSA) is 58.1 Å². The van der Waals surface area contributed by atoms with Gasteiger partial charge in [0.2, 0.25) is 5.91 Å². The van der Waals surface area contributed by atoms with Gasteiger partial charge in [0.15, 0.2) is 0 Å². The maximum atomic E-state index is 12.8. The van der Waals surface area contributed by atoms with E-state index in [0.717, 1.165) is 48.8 Å².